The first-order chi connectivity index (χ1) is 7.83. The lowest BCUT2D eigenvalue weighted by atomic mass is 10.1. The Morgan fingerprint density at radius 2 is 2.24 bits per heavy atom. The Morgan fingerprint density at radius 3 is 2.76 bits per heavy atom. The first kappa shape index (κ1) is 14.0. The molecule has 1 unspecified atom stereocenters. The molecule has 0 bridgehead atoms. The van der Waals surface area contributed by atoms with E-state index in [1.54, 1.807) is 4.90 Å². The van der Waals surface area contributed by atoms with Gasteiger partial charge >= 0.3 is 6.09 Å². The van der Waals surface area contributed by atoms with Crippen molar-refractivity contribution >= 4 is 6.09 Å². The summed E-state index contributed by atoms with van der Waals surface area (Å²) in [4.78, 5) is 13.5. The molecule has 1 fully saturated rings. The Hall–Kier alpha value is -1.07. The molecule has 1 rings (SSSR count). The second-order valence-corrected chi connectivity index (χ2v) is 5.15. The van der Waals surface area contributed by atoms with Gasteiger partial charge in [-0.1, -0.05) is 6.58 Å². The van der Waals surface area contributed by atoms with Gasteiger partial charge in [0.15, 0.2) is 0 Å². The molecular weight excluding hydrogens is 220 g/mol. The van der Waals surface area contributed by atoms with Crippen LogP contribution < -0.4 is 5.73 Å². The molecule has 0 aliphatic carbocycles. The molecule has 0 aromatic carbocycles. The smallest absolute Gasteiger partial charge is 0.410 e. The highest BCUT2D eigenvalue weighted by Crippen LogP contribution is 2.15. The van der Waals surface area contributed by atoms with Crippen LogP contribution in [0.15, 0.2) is 12.2 Å². The highest BCUT2D eigenvalue weighted by molar-refractivity contribution is 5.68. The Labute approximate surface area is 103 Å². The lowest BCUT2D eigenvalue weighted by molar-refractivity contribution is -0.0298. The van der Waals surface area contributed by atoms with Crippen molar-refractivity contribution in [3.63, 3.8) is 0 Å². The lowest BCUT2D eigenvalue weighted by Gasteiger charge is -2.34. The average molecular weight is 242 g/mol. The lowest BCUT2D eigenvalue weighted by Crippen LogP contribution is -2.48. The number of nitrogens with zero attached hydrogens (tertiary/aromatic N) is 1. The first-order valence-corrected chi connectivity index (χ1v) is 5.81. The van der Waals surface area contributed by atoms with E-state index in [-0.39, 0.29) is 12.2 Å². The average Bonchev–Trinajstić information content (AvgIpc) is 2.26. The van der Waals surface area contributed by atoms with Crippen molar-refractivity contribution in [3.8, 4) is 0 Å². The van der Waals surface area contributed by atoms with Crippen LogP contribution in [0.1, 0.15) is 20.8 Å². The van der Waals surface area contributed by atoms with Crippen LogP contribution in [0.2, 0.25) is 0 Å². The minimum absolute atomic E-state index is 0.179. The molecule has 1 saturated heterocycles. The van der Waals surface area contributed by atoms with Gasteiger partial charge in [0.05, 0.1) is 19.3 Å². The van der Waals surface area contributed by atoms with Crippen molar-refractivity contribution < 1.29 is 14.3 Å². The number of rotatable bonds is 2. The minimum atomic E-state index is -0.476. The second kappa shape index (κ2) is 5.51. The highest BCUT2D eigenvalue weighted by Gasteiger charge is 2.28. The molecule has 0 aromatic heterocycles. The molecule has 0 radical (unpaired) electrons. The summed E-state index contributed by atoms with van der Waals surface area (Å²) in [6.07, 6.45) is -0.489. The van der Waals surface area contributed by atoms with Gasteiger partial charge in [0.25, 0.3) is 0 Å². The maximum atomic E-state index is 11.9. The van der Waals surface area contributed by atoms with Gasteiger partial charge < -0.3 is 20.1 Å². The van der Waals surface area contributed by atoms with Crippen LogP contribution in [0, 0.1) is 0 Å². The summed E-state index contributed by atoms with van der Waals surface area (Å²) in [6.45, 7) is 11.2. The summed E-state index contributed by atoms with van der Waals surface area (Å²) < 4.78 is 10.8. The fourth-order valence-electron chi connectivity index (χ4n) is 1.52. The fraction of sp³-hybridized carbons (Fsp3) is 0.750. The van der Waals surface area contributed by atoms with E-state index in [1.165, 1.54) is 0 Å². The minimum Gasteiger partial charge on any atom is -0.444 e. The number of hydrogen-bond donors (Lipinski definition) is 1. The molecule has 1 aliphatic heterocycles. The van der Waals surface area contributed by atoms with Crippen molar-refractivity contribution in [1.29, 1.82) is 0 Å². The molecule has 1 amide bonds. The van der Waals surface area contributed by atoms with Crippen LogP contribution in [0.25, 0.3) is 0 Å². The number of hydrogen-bond acceptors (Lipinski definition) is 4. The number of carbonyl (C=O) groups is 1. The maximum absolute atomic E-state index is 11.9. The Morgan fingerprint density at radius 1 is 1.59 bits per heavy atom. The number of nitrogens with two attached hydrogens (primary N) is 1. The van der Waals surface area contributed by atoms with Crippen LogP contribution in [-0.2, 0) is 9.47 Å². The molecule has 5 heteroatoms. The Balaban J connectivity index is 2.55. The summed E-state index contributed by atoms with van der Waals surface area (Å²) in [5, 5.41) is 0. The zero-order valence-electron chi connectivity index (χ0n) is 10.9. The van der Waals surface area contributed by atoms with E-state index >= 15 is 0 Å². The van der Waals surface area contributed by atoms with E-state index in [0.29, 0.717) is 26.2 Å². The third kappa shape index (κ3) is 4.36. The van der Waals surface area contributed by atoms with E-state index < -0.39 is 5.60 Å². The third-order valence-electron chi connectivity index (χ3n) is 2.44. The zero-order chi connectivity index (χ0) is 13.1. The van der Waals surface area contributed by atoms with E-state index in [9.17, 15) is 4.79 Å². The maximum Gasteiger partial charge on any atom is 0.410 e. The third-order valence-corrected chi connectivity index (χ3v) is 2.44. The van der Waals surface area contributed by atoms with Crippen molar-refractivity contribution in [1.82, 2.24) is 4.90 Å². The molecular formula is C12H22N2O3. The van der Waals surface area contributed by atoms with Gasteiger partial charge in [0, 0.05) is 13.1 Å². The number of carbonyl (C=O) groups excluding carboxylic acids is 1. The van der Waals surface area contributed by atoms with Gasteiger partial charge in [-0.15, -0.1) is 0 Å². The molecule has 98 valence electrons. The van der Waals surface area contributed by atoms with Gasteiger partial charge in [-0.05, 0) is 26.3 Å². The Bertz CT molecular complexity index is 297. The SMILES string of the molecule is C=C(CN)C1CN(C(=O)OC(C)(C)C)CCO1. The zero-order valence-corrected chi connectivity index (χ0v) is 10.9. The molecule has 0 saturated carbocycles. The van der Waals surface area contributed by atoms with Crippen molar-refractivity contribution in [3.05, 3.63) is 12.2 Å². The molecule has 1 aliphatic rings. The standard InChI is InChI=1S/C12H22N2O3/c1-9(7-13)10-8-14(5-6-16-10)11(15)17-12(2,3)4/h10H,1,5-8,13H2,2-4H3. The van der Waals surface area contributed by atoms with Crippen LogP contribution in [0.3, 0.4) is 0 Å². The summed E-state index contributed by atoms with van der Waals surface area (Å²) in [6, 6.07) is 0. The summed E-state index contributed by atoms with van der Waals surface area (Å²) in [5.74, 6) is 0. The van der Waals surface area contributed by atoms with Gasteiger partial charge in [-0.3, -0.25) is 0 Å². The predicted molar refractivity (Wildman–Crippen MR) is 65.7 cm³/mol. The van der Waals surface area contributed by atoms with Crippen LogP contribution in [0.5, 0.6) is 0 Å². The van der Waals surface area contributed by atoms with E-state index in [1.807, 2.05) is 20.8 Å². The van der Waals surface area contributed by atoms with Crippen molar-refractivity contribution in [2.75, 3.05) is 26.2 Å². The predicted octanol–water partition coefficient (Wildman–Crippen LogP) is 1.14. The van der Waals surface area contributed by atoms with Crippen LogP contribution in [0.4, 0.5) is 4.79 Å². The molecule has 1 atom stereocenters. The second-order valence-electron chi connectivity index (χ2n) is 5.15. The Kier molecular flexibility index (Phi) is 4.54. The summed E-state index contributed by atoms with van der Waals surface area (Å²) in [7, 11) is 0. The number of morpholine rings is 1. The number of amides is 1. The topological polar surface area (TPSA) is 64.8 Å². The number of ether oxygens (including phenoxy) is 2. The molecule has 0 spiro atoms. The molecule has 2 N–H and O–H groups in total. The molecule has 1 heterocycles. The van der Waals surface area contributed by atoms with Crippen LogP contribution in [-0.4, -0.2) is 48.9 Å². The van der Waals surface area contributed by atoms with Crippen LogP contribution >= 0.6 is 0 Å². The molecule has 17 heavy (non-hydrogen) atoms. The molecule has 0 aromatic rings. The quantitative estimate of drug-likeness (QED) is 0.737. The van der Waals surface area contributed by atoms with Gasteiger partial charge in [-0.2, -0.15) is 0 Å². The van der Waals surface area contributed by atoms with Gasteiger partial charge in [-0.25, -0.2) is 4.79 Å². The van der Waals surface area contributed by atoms with E-state index in [4.69, 9.17) is 15.2 Å². The fourth-order valence-corrected chi connectivity index (χ4v) is 1.52. The summed E-state index contributed by atoms with van der Waals surface area (Å²) in [5.41, 5.74) is 5.84. The van der Waals surface area contributed by atoms with Gasteiger partial charge in [0.2, 0.25) is 0 Å². The van der Waals surface area contributed by atoms with Crippen molar-refractivity contribution in [2.45, 2.75) is 32.5 Å². The first-order valence-electron chi connectivity index (χ1n) is 5.81. The summed E-state index contributed by atoms with van der Waals surface area (Å²) >= 11 is 0. The largest absolute Gasteiger partial charge is 0.444 e. The highest BCUT2D eigenvalue weighted by atomic mass is 16.6. The van der Waals surface area contributed by atoms with Crippen molar-refractivity contribution in [2.24, 2.45) is 5.73 Å². The monoisotopic (exact) mass is 242 g/mol. The van der Waals surface area contributed by atoms with E-state index in [2.05, 4.69) is 6.58 Å². The normalized spacial score (nSPS) is 21.2. The van der Waals surface area contributed by atoms with Gasteiger partial charge in [0.1, 0.15) is 5.60 Å². The van der Waals surface area contributed by atoms with E-state index in [0.717, 1.165) is 5.57 Å². The molecule has 5 nitrogen and oxygen atoms in total.